The molecule has 2 aliphatic rings. The number of anilines is 4. The van der Waals surface area contributed by atoms with Crippen molar-refractivity contribution in [3.05, 3.63) is 48.2 Å². The first-order chi connectivity index (χ1) is 18.7. The Bertz CT molecular complexity index is 1350. The van der Waals surface area contributed by atoms with E-state index in [4.69, 9.17) is 14.7 Å². The summed E-state index contributed by atoms with van der Waals surface area (Å²) in [6, 6.07) is 9.63. The molecule has 1 unspecified atom stereocenters. The molecule has 4 heterocycles. The zero-order valence-corrected chi connectivity index (χ0v) is 21.1. The van der Waals surface area contributed by atoms with Crippen LogP contribution in [-0.2, 0) is 16.0 Å². The van der Waals surface area contributed by atoms with Crippen LogP contribution >= 0.6 is 0 Å². The van der Waals surface area contributed by atoms with E-state index in [9.17, 15) is 23.1 Å². The largest absolute Gasteiger partial charge is 0.491 e. The number of alkyl halides is 3. The van der Waals surface area contributed by atoms with Gasteiger partial charge in [-0.2, -0.15) is 18.2 Å². The van der Waals surface area contributed by atoms with Crippen LogP contribution < -0.4 is 19.9 Å². The van der Waals surface area contributed by atoms with Crippen LogP contribution in [0.4, 0.5) is 36.4 Å². The highest BCUT2D eigenvalue weighted by molar-refractivity contribution is 5.80. The predicted molar refractivity (Wildman–Crippen MR) is 137 cm³/mol. The fourth-order valence-corrected chi connectivity index (χ4v) is 4.45. The number of nitrogens with one attached hydrogen (secondary N) is 1. The lowest BCUT2D eigenvalue weighted by atomic mass is 10.1. The summed E-state index contributed by atoms with van der Waals surface area (Å²) in [7, 11) is 0. The van der Waals surface area contributed by atoms with Crippen molar-refractivity contribution in [2.24, 2.45) is 0 Å². The van der Waals surface area contributed by atoms with Gasteiger partial charge in [0, 0.05) is 55.3 Å². The number of hydrogen-bond acceptors (Lipinski definition) is 10. The number of hydrogen-bond donors (Lipinski definition) is 2. The molecule has 5 rings (SSSR count). The van der Waals surface area contributed by atoms with Gasteiger partial charge in [-0.1, -0.05) is 12.1 Å². The molecule has 0 amide bonds. The number of fused-ring (bicyclic) bond motifs is 1. The minimum Gasteiger partial charge on any atom is -0.420 e. The zero-order valence-electron chi connectivity index (χ0n) is 21.1. The molecule has 1 aromatic carbocycles. The van der Waals surface area contributed by atoms with Crippen molar-refractivity contribution in [2.45, 2.75) is 25.6 Å². The maximum atomic E-state index is 12.8. The van der Waals surface area contributed by atoms with E-state index in [-0.39, 0.29) is 5.75 Å². The highest BCUT2D eigenvalue weighted by Crippen LogP contribution is 2.40. The number of carbonyl (C=O) groups is 1. The van der Waals surface area contributed by atoms with E-state index >= 15 is 0 Å². The number of halogens is 3. The maximum absolute atomic E-state index is 12.8. The second-order valence-electron chi connectivity index (χ2n) is 9.22. The number of aliphatic hydroxyl groups excluding tert-OH is 1. The molecule has 0 bridgehead atoms. The van der Waals surface area contributed by atoms with E-state index in [1.807, 2.05) is 21.9 Å². The lowest BCUT2D eigenvalue weighted by Gasteiger charge is -2.28. The number of ether oxygens (including phenoxy) is 2. The molecule has 3 aromatic rings. The second kappa shape index (κ2) is 11.0. The van der Waals surface area contributed by atoms with Gasteiger partial charge in [-0.25, -0.2) is 14.8 Å². The molecular formula is C26H27F3N6O4. The summed E-state index contributed by atoms with van der Waals surface area (Å²) in [4.78, 5) is 29.5. The molecule has 2 aromatic heterocycles. The van der Waals surface area contributed by atoms with Crippen LogP contribution in [0.3, 0.4) is 0 Å². The standard InChI is InChI=1S/C26H27F3N6O4/c1-16(36)15-31-21-14-18(5-7-30-21)35-8-6-20-22(32-25(33-23(20)35)34-9-11-38-12-10-34)17-3-2-4-19(13-17)39-24(37)26(27,28)29/h2-5,7,13-14,16,36H,6,8-12,15H2,1H3,(H,30,31). The van der Waals surface area contributed by atoms with Gasteiger partial charge < -0.3 is 29.7 Å². The minimum absolute atomic E-state index is 0.229. The summed E-state index contributed by atoms with van der Waals surface area (Å²) in [5.41, 5.74) is 2.71. The normalized spacial score (nSPS) is 16.1. The number of aliphatic hydroxyl groups is 1. The van der Waals surface area contributed by atoms with Crippen molar-refractivity contribution in [3.63, 3.8) is 0 Å². The lowest BCUT2D eigenvalue weighted by Crippen LogP contribution is -2.37. The Morgan fingerprint density at radius 3 is 2.72 bits per heavy atom. The molecular weight excluding hydrogens is 517 g/mol. The Morgan fingerprint density at radius 2 is 1.97 bits per heavy atom. The van der Waals surface area contributed by atoms with Crippen LogP contribution in [0.25, 0.3) is 11.3 Å². The summed E-state index contributed by atoms with van der Waals surface area (Å²) >= 11 is 0. The molecule has 0 radical (unpaired) electrons. The Labute approximate surface area is 222 Å². The average molecular weight is 545 g/mol. The Hall–Kier alpha value is -3.97. The summed E-state index contributed by atoms with van der Waals surface area (Å²) < 4.78 is 48.4. The first-order valence-electron chi connectivity index (χ1n) is 12.5. The van der Waals surface area contributed by atoms with E-state index in [1.165, 1.54) is 18.2 Å². The van der Waals surface area contributed by atoms with Crippen molar-refractivity contribution in [1.29, 1.82) is 0 Å². The number of nitrogens with zero attached hydrogens (tertiary/aromatic N) is 5. The van der Waals surface area contributed by atoms with Crippen molar-refractivity contribution < 1.29 is 32.5 Å². The number of pyridine rings is 1. The number of aromatic nitrogens is 3. The van der Waals surface area contributed by atoms with Gasteiger partial charge in [0.05, 0.1) is 25.0 Å². The van der Waals surface area contributed by atoms with Gasteiger partial charge in [0.25, 0.3) is 0 Å². The molecule has 1 atom stereocenters. The fourth-order valence-electron chi connectivity index (χ4n) is 4.45. The van der Waals surface area contributed by atoms with E-state index < -0.39 is 18.2 Å². The Balaban J connectivity index is 1.54. The number of benzene rings is 1. The molecule has 10 nitrogen and oxygen atoms in total. The van der Waals surface area contributed by atoms with Crippen LogP contribution in [0.5, 0.6) is 5.75 Å². The lowest BCUT2D eigenvalue weighted by molar-refractivity contribution is -0.189. The van der Waals surface area contributed by atoms with Crippen LogP contribution in [0.1, 0.15) is 12.5 Å². The van der Waals surface area contributed by atoms with Gasteiger partial charge in [-0.05, 0) is 31.5 Å². The second-order valence-corrected chi connectivity index (χ2v) is 9.22. The van der Waals surface area contributed by atoms with E-state index in [1.54, 1.807) is 19.2 Å². The van der Waals surface area contributed by atoms with Crippen molar-refractivity contribution in [2.75, 3.05) is 54.5 Å². The first-order valence-corrected chi connectivity index (χ1v) is 12.5. The van der Waals surface area contributed by atoms with Crippen molar-refractivity contribution in [3.8, 4) is 17.0 Å². The summed E-state index contributed by atoms with van der Waals surface area (Å²) in [6.07, 6.45) is -3.40. The van der Waals surface area contributed by atoms with E-state index in [0.29, 0.717) is 74.7 Å². The van der Waals surface area contributed by atoms with Gasteiger partial charge in [0.1, 0.15) is 17.4 Å². The van der Waals surface area contributed by atoms with Crippen LogP contribution in [0.15, 0.2) is 42.6 Å². The molecule has 0 saturated carbocycles. The maximum Gasteiger partial charge on any atom is 0.491 e. The SMILES string of the molecule is CC(O)CNc1cc(N2CCc3c(-c4cccc(OC(=O)C(F)(F)F)c4)nc(N4CCOCC4)nc32)ccn1. The summed E-state index contributed by atoms with van der Waals surface area (Å²) in [5.74, 6) is -0.771. The van der Waals surface area contributed by atoms with Crippen LogP contribution in [0, 0.1) is 0 Å². The van der Waals surface area contributed by atoms with Crippen molar-refractivity contribution >= 4 is 29.2 Å². The topological polar surface area (TPSA) is 113 Å². The minimum atomic E-state index is -5.11. The number of carbonyl (C=O) groups excluding carboxylic acids is 1. The smallest absolute Gasteiger partial charge is 0.420 e. The quantitative estimate of drug-likeness (QED) is 0.339. The molecule has 0 aliphatic carbocycles. The van der Waals surface area contributed by atoms with E-state index in [2.05, 4.69) is 15.0 Å². The third-order valence-electron chi connectivity index (χ3n) is 6.29. The molecule has 2 N–H and O–H groups in total. The highest BCUT2D eigenvalue weighted by atomic mass is 19.4. The number of morpholine rings is 1. The summed E-state index contributed by atoms with van der Waals surface area (Å²) in [5, 5.41) is 12.7. The number of rotatable bonds is 7. The molecule has 13 heteroatoms. The Kier molecular flexibility index (Phi) is 7.53. The molecule has 206 valence electrons. The average Bonchev–Trinajstić information content (AvgIpc) is 3.36. The molecule has 1 saturated heterocycles. The fraction of sp³-hybridized carbons (Fsp3) is 0.385. The summed E-state index contributed by atoms with van der Waals surface area (Å²) in [6.45, 7) is 4.82. The molecule has 0 spiro atoms. The highest BCUT2D eigenvalue weighted by Gasteiger charge is 2.41. The van der Waals surface area contributed by atoms with Crippen LogP contribution in [-0.4, -0.2) is 77.7 Å². The predicted octanol–water partition coefficient (Wildman–Crippen LogP) is 3.33. The third kappa shape index (κ3) is 6.04. The first kappa shape index (κ1) is 26.6. The molecule has 1 fully saturated rings. The third-order valence-corrected chi connectivity index (χ3v) is 6.29. The van der Waals surface area contributed by atoms with Crippen molar-refractivity contribution in [1.82, 2.24) is 15.0 Å². The zero-order chi connectivity index (χ0) is 27.6. The molecule has 2 aliphatic heterocycles. The van der Waals surface area contributed by atoms with Crippen LogP contribution in [0.2, 0.25) is 0 Å². The van der Waals surface area contributed by atoms with Gasteiger partial charge in [-0.15, -0.1) is 0 Å². The van der Waals surface area contributed by atoms with Gasteiger partial charge in [0.2, 0.25) is 5.95 Å². The van der Waals surface area contributed by atoms with Gasteiger partial charge >= 0.3 is 12.1 Å². The van der Waals surface area contributed by atoms with E-state index in [0.717, 1.165) is 11.3 Å². The Morgan fingerprint density at radius 1 is 1.18 bits per heavy atom. The molecule has 39 heavy (non-hydrogen) atoms. The van der Waals surface area contributed by atoms with Gasteiger partial charge in [0.15, 0.2) is 0 Å². The number of esters is 1. The monoisotopic (exact) mass is 544 g/mol. The van der Waals surface area contributed by atoms with Gasteiger partial charge in [-0.3, -0.25) is 0 Å².